The fraction of sp³-hybridized carbons (Fsp3) is 0.192. The van der Waals surface area contributed by atoms with Crippen LogP contribution in [0.5, 0.6) is 0 Å². The van der Waals surface area contributed by atoms with Gasteiger partial charge in [-0.25, -0.2) is 4.39 Å². The van der Waals surface area contributed by atoms with Crippen molar-refractivity contribution in [1.82, 2.24) is 4.98 Å². The van der Waals surface area contributed by atoms with Crippen molar-refractivity contribution >= 4 is 32.7 Å². The minimum atomic E-state index is -0.172. The zero-order valence-electron chi connectivity index (χ0n) is 16.8. The Kier molecular flexibility index (Phi) is 4.13. The fourth-order valence-electron chi connectivity index (χ4n) is 4.20. The van der Waals surface area contributed by atoms with Crippen molar-refractivity contribution < 1.29 is 8.81 Å². The molecule has 0 saturated heterocycles. The molecule has 2 heterocycles. The zero-order chi connectivity index (χ0) is 20.1. The summed E-state index contributed by atoms with van der Waals surface area (Å²) in [5.41, 5.74) is 5.17. The van der Waals surface area contributed by atoms with Crippen LogP contribution in [-0.4, -0.2) is 4.98 Å². The summed E-state index contributed by atoms with van der Waals surface area (Å²) in [6.07, 6.45) is 2.52. The molecule has 5 rings (SSSR count). The number of hydrogen-bond donors (Lipinski definition) is 0. The third kappa shape index (κ3) is 2.98. The average Bonchev–Trinajstić information content (AvgIpc) is 3.06. The summed E-state index contributed by atoms with van der Waals surface area (Å²) in [5, 5.41) is 3.95. The smallest absolute Gasteiger partial charge is 0.144 e. The summed E-state index contributed by atoms with van der Waals surface area (Å²) < 4.78 is 21.1. The van der Waals surface area contributed by atoms with E-state index in [1.807, 2.05) is 30.3 Å². The molecule has 0 bridgehead atoms. The van der Waals surface area contributed by atoms with Gasteiger partial charge < -0.3 is 4.42 Å². The monoisotopic (exact) mass is 383 g/mol. The summed E-state index contributed by atoms with van der Waals surface area (Å²) in [6, 6.07) is 17.8. The van der Waals surface area contributed by atoms with E-state index in [2.05, 4.69) is 44.0 Å². The van der Waals surface area contributed by atoms with Crippen LogP contribution < -0.4 is 0 Å². The van der Waals surface area contributed by atoms with Crippen LogP contribution in [0.1, 0.15) is 25.0 Å². The molecule has 2 aromatic heterocycles. The standard InChI is InChI=1S/C26H22FNO/c1-15(2)10-18-13-17-8-9-28-25(20(17)14-23(18)27)22-12-16(3)11-21-19-6-4-5-7-24(19)29-26(21)22/h4-9,11-15H,10H2,1-3H3. The summed E-state index contributed by atoms with van der Waals surface area (Å²) in [4.78, 5) is 4.64. The Morgan fingerprint density at radius 2 is 1.79 bits per heavy atom. The van der Waals surface area contributed by atoms with Crippen LogP contribution in [-0.2, 0) is 6.42 Å². The third-order valence-corrected chi connectivity index (χ3v) is 5.44. The van der Waals surface area contributed by atoms with Crippen LogP contribution >= 0.6 is 0 Å². The SMILES string of the molecule is Cc1cc(-c2nccc3cc(CC(C)C)c(F)cc23)c2oc3ccccc3c2c1. The van der Waals surface area contributed by atoms with Gasteiger partial charge in [0.15, 0.2) is 0 Å². The van der Waals surface area contributed by atoms with E-state index in [-0.39, 0.29) is 5.82 Å². The highest BCUT2D eigenvalue weighted by molar-refractivity contribution is 6.11. The highest BCUT2D eigenvalue weighted by Gasteiger charge is 2.17. The number of pyridine rings is 1. The Bertz CT molecular complexity index is 1380. The van der Waals surface area contributed by atoms with Gasteiger partial charge >= 0.3 is 0 Å². The summed E-state index contributed by atoms with van der Waals surface area (Å²) in [7, 11) is 0. The second kappa shape index (κ2) is 6.70. The van der Waals surface area contributed by atoms with Crippen molar-refractivity contribution in [3.05, 3.63) is 77.7 Å². The van der Waals surface area contributed by atoms with Gasteiger partial charge in [0.25, 0.3) is 0 Å². The van der Waals surface area contributed by atoms with E-state index in [1.54, 1.807) is 12.3 Å². The number of fused-ring (bicyclic) bond motifs is 4. The van der Waals surface area contributed by atoms with Gasteiger partial charge in [0.2, 0.25) is 0 Å². The Labute approximate surface area is 169 Å². The molecule has 0 atom stereocenters. The highest BCUT2D eigenvalue weighted by atomic mass is 19.1. The average molecular weight is 383 g/mol. The normalized spacial score (nSPS) is 11.9. The summed E-state index contributed by atoms with van der Waals surface area (Å²) in [5.74, 6) is 0.226. The molecule has 0 unspecified atom stereocenters. The van der Waals surface area contributed by atoms with Gasteiger partial charge in [0, 0.05) is 27.9 Å². The maximum atomic E-state index is 14.9. The van der Waals surface area contributed by atoms with E-state index in [9.17, 15) is 4.39 Å². The lowest BCUT2D eigenvalue weighted by Crippen LogP contribution is -1.98. The number of rotatable bonds is 3. The summed E-state index contributed by atoms with van der Waals surface area (Å²) >= 11 is 0. The van der Waals surface area contributed by atoms with Gasteiger partial charge in [-0.1, -0.05) is 32.0 Å². The first-order valence-corrected chi connectivity index (χ1v) is 10.0. The molecule has 0 saturated carbocycles. The van der Waals surface area contributed by atoms with E-state index in [0.717, 1.165) is 61.5 Å². The number of hydrogen-bond acceptors (Lipinski definition) is 2. The second-order valence-electron chi connectivity index (χ2n) is 8.21. The number of para-hydroxylation sites is 1. The van der Waals surface area contributed by atoms with Crippen molar-refractivity contribution in [3.63, 3.8) is 0 Å². The minimum absolute atomic E-state index is 0.172. The van der Waals surface area contributed by atoms with E-state index in [4.69, 9.17) is 4.42 Å². The Balaban J connectivity index is 1.82. The topological polar surface area (TPSA) is 26.0 Å². The predicted molar refractivity (Wildman–Crippen MR) is 118 cm³/mol. The Morgan fingerprint density at radius 1 is 0.966 bits per heavy atom. The first-order valence-electron chi connectivity index (χ1n) is 10.0. The number of aryl methyl sites for hydroxylation is 1. The van der Waals surface area contributed by atoms with E-state index >= 15 is 0 Å². The van der Waals surface area contributed by atoms with E-state index in [1.165, 1.54) is 0 Å². The van der Waals surface area contributed by atoms with Gasteiger partial charge in [0.05, 0.1) is 5.69 Å². The van der Waals surface area contributed by atoms with Crippen molar-refractivity contribution in [2.75, 3.05) is 0 Å². The molecule has 2 nitrogen and oxygen atoms in total. The predicted octanol–water partition coefficient (Wildman–Crippen LogP) is 7.45. The lowest BCUT2D eigenvalue weighted by molar-refractivity contribution is 0.576. The molecule has 144 valence electrons. The Morgan fingerprint density at radius 3 is 2.62 bits per heavy atom. The van der Waals surface area contributed by atoms with Crippen molar-refractivity contribution in [1.29, 1.82) is 0 Å². The number of nitrogens with zero attached hydrogens (tertiary/aromatic N) is 1. The molecule has 5 aromatic rings. The molecule has 0 N–H and O–H groups in total. The van der Waals surface area contributed by atoms with Crippen molar-refractivity contribution in [3.8, 4) is 11.3 Å². The van der Waals surface area contributed by atoms with Gasteiger partial charge in [-0.2, -0.15) is 0 Å². The maximum Gasteiger partial charge on any atom is 0.144 e. The third-order valence-electron chi connectivity index (χ3n) is 5.44. The molecule has 0 aliphatic carbocycles. The lowest BCUT2D eigenvalue weighted by Gasteiger charge is -2.11. The van der Waals surface area contributed by atoms with E-state index in [0.29, 0.717) is 5.92 Å². The van der Waals surface area contributed by atoms with Crippen LogP contribution in [0.2, 0.25) is 0 Å². The molecular weight excluding hydrogens is 361 g/mol. The molecule has 0 amide bonds. The van der Waals surface area contributed by atoms with Gasteiger partial charge in [0.1, 0.15) is 17.0 Å². The van der Waals surface area contributed by atoms with Crippen molar-refractivity contribution in [2.45, 2.75) is 27.2 Å². The first-order chi connectivity index (χ1) is 14.0. The highest BCUT2D eigenvalue weighted by Crippen LogP contribution is 2.38. The van der Waals surface area contributed by atoms with Crippen LogP contribution in [0.25, 0.3) is 44.0 Å². The summed E-state index contributed by atoms with van der Waals surface area (Å²) in [6.45, 7) is 6.27. The maximum absolute atomic E-state index is 14.9. The quantitative estimate of drug-likeness (QED) is 0.323. The molecule has 0 aliphatic heterocycles. The van der Waals surface area contributed by atoms with Crippen molar-refractivity contribution in [2.24, 2.45) is 5.92 Å². The first kappa shape index (κ1) is 17.9. The van der Waals surface area contributed by atoms with Crippen LogP contribution in [0.4, 0.5) is 4.39 Å². The number of halogens is 1. The van der Waals surface area contributed by atoms with Crippen LogP contribution in [0.15, 0.2) is 65.2 Å². The molecule has 0 spiro atoms. The molecule has 3 aromatic carbocycles. The van der Waals surface area contributed by atoms with Crippen LogP contribution in [0, 0.1) is 18.7 Å². The van der Waals surface area contributed by atoms with Gasteiger partial charge in [-0.05, 0) is 72.2 Å². The molecule has 0 fully saturated rings. The zero-order valence-corrected chi connectivity index (χ0v) is 16.8. The molecule has 3 heteroatoms. The number of aromatic nitrogens is 1. The second-order valence-corrected chi connectivity index (χ2v) is 8.21. The van der Waals surface area contributed by atoms with E-state index < -0.39 is 0 Å². The largest absolute Gasteiger partial charge is 0.455 e. The molecule has 0 aliphatic rings. The van der Waals surface area contributed by atoms with Crippen LogP contribution in [0.3, 0.4) is 0 Å². The molecule has 29 heavy (non-hydrogen) atoms. The number of benzene rings is 3. The lowest BCUT2D eigenvalue weighted by atomic mass is 9.96. The fourth-order valence-corrected chi connectivity index (χ4v) is 4.20. The van der Waals surface area contributed by atoms with Gasteiger partial charge in [-0.3, -0.25) is 4.98 Å². The van der Waals surface area contributed by atoms with Gasteiger partial charge in [-0.15, -0.1) is 0 Å². The Hall–Kier alpha value is -3.20. The minimum Gasteiger partial charge on any atom is -0.455 e. The molecular formula is C26H22FNO. The molecule has 0 radical (unpaired) electrons. The number of furan rings is 1.